The average Bonchev–Trinajstić information content (AvgIpc) is 3.59. The second-order valence-corrected chi connectivity index (χ2v) is 20.3. The molecule has 4 aromatic carbocycles. The lowest BCUT2D eigenvalue weighted by Crippen LogP contribution is -2.43. The number of hydrogen-bond donors (Lipinski definition) is 1. The summed E-state index contributed by atoms with van der Waals surface area (Å²) in [6.07, 6.45) is 4.66. The van der Waals surface area contributed by atoms with Crippen molar-refractivity contribution in [1.29, 1.82) is 0 Å². The van der Waals surface area contributed by atoms with E-state index in [1.807, 2.05) is 60.7 Å². The molecule has 1 saturated carbocycles. The Morgan fingerprint density at radius 2 is 1.49 bits per heavy atom. The number of hydrogen-bond acceptors (Lipinski definition) is 5. The first kappa shape index (κ1) is 36.3. The third-order valence-electron chi connectivity index (χ3n) is 10.9. The lowest BCUT2D eigenvalue weighted by Gasteiger charge is -2.37. The van der Waals surface area contributed by atoms with E-state index in [1.54, 1.807) is 4.90 Å². The first-order valence-electron chi connectivity index (χ1n) is 18.2. The largest absolute Gasteiger partial charge is 0.481 e. The molecule has 0 bridgehead atoms. The Hall–Kier alpha value is -4.53. The monoisotopic (exact) mass is 701 g/mol. The molecule has 5 aromatic rings. The Labute approximate surface area is 303 Å². The Morgan fingerprint density at radius 3 is 2.18 bits per heavy atom. The molecule has 8 heteroatoms. The molecule has 1 fully saturated rings. The molecule has 1 aliphatic rings. The Kier molecular flexibility index (Phi) is 10.9. The van der Waals surface area contributed by atoms with Crippen LogP contribution in [0.1, 0.15) is 79.5 Å². The van der Waals surface area contributed by atoms with Gasteiger partial charge in [0.05, 0.1) is 6.61 Å². The molecule has 0 radical (unpaired) electrons. The molecule has 266 valence electrons. The van der Waals surface area contributed by atoms with Gasteiger partial charge < -0.3 is 19.0 Å². The van der Waals surface area contributed by atoms with Crippen LogP contribution in [-0.4, -0.2) is 42.2 Å². The molecule has 51 heavy (non-hydrogen) atoms. The highest BCUT2D eigenvalue weighted by Crippen LogP contribution is 2.45. The second kappa shape index (κ2) is 15.4. The molecule has 1 aromatic heterocycles. The molecule has 1 N–H and O–H groups in total. The molecule has 0 atom stereocenters. The molecule has 6 rings (SSSR count). The number of aromatic nitrogens is 2. The number of fused-ring (bicyclic) bond motifs is 1. The van der Waals surface area contributed by atoms with Crippen LogP contribution >= 0.6 is 0 Å². The zero-order chi connectivity index (χ0) is 36.1. The minimum atomic E-state index is -2.07. The number of rotatable bonds is 13. The summed E-state index contributed by atoms with van der Waals surface area (Å²) in [6.45, 7) is 12.3. The Balaban J connectivity index is 1.39. The van der Waals surface area contributed by atoms with Crippen molar-refractivity contribution in [2.24, 2.45) is 0 Å². The SMILES string of the molecule is CC(C)(C)[Si](C)(C)OCCN(Cc1ccccc1)C(=O)c1nc(CC2(c3cccc4ccccc34)CCCC2)[nH]c(=O)c1OCc1ccccc1. The van der Waals surface area contributed by atoms with Crippen LogP contribution in [0.2, 0.25) is 18.1 Å². The first-order valence-corrected chi connectivity index (χ1v) is 21.1. The number of aromatic amines is 1. The number of carbonyl (C=O) groups excluding carboxylic acids is 1. The van der Waals surface area contributed by atoms with E-state index in [2.05, 4.69) is 81.3 Å². The Bertz CT molecular complexity index is 1990. The molecule has 1 heterocycles. The fraction of sp³-hybridized carbons (Fsp3) is 0.372. The summed E-state index contributed by atoms with van der Waals surface area (Å²) in [5, 5.41) is 2.45. The number of nitrogens with one attached hydrogen (secondary N) is 1. The van der Waals surface area contributed by atoms with E-state index in [0.29, 0.717) is 31.9 Å². The quantitative estimate of drug-likeness (QED) is 0.124. The van der Waals surface area contributed by atoms with Crippen molar-refractivity contribution in [2.45, 2.75) is 89.6 Å². The van der Waals surface area contributed by atoms with Crippen LogP contribution in [0.5, 0.6) is 5.75 Å². The predicted molar refractivity (Wildman–Crippen MR) is 208 cm³/mol. The van der Waals surface area contributed by atoms with E-state index in [1.165, 1.54) is 16.3 Å². The van der Waals surface area contributed by atoms with E-state index >= 15 is 0 Å². The smallest absolute Gasteiger partial charge is 0.294 e. The van der Waals surface area contributed by atoms with E-state index in [4.69, 9.17) is 14.1 Å². The third-order valence-corrected chi connectivity index (χ3v) is 15.5. The summed E-state index contributed by atoms with van der Waals surface area (Å²) < 4.78 is 12.7. The van der Waals surface area contributed by atoms with Crippen molar-refractivity contribution in [3.63, 3.8) is 0 Å². The topological polar surface area (TPSA) is 84.5 Å². The van der Waals surface area contributed by atoms with Crippen molar-refractivity contribution in [2.75, 3.05) is 13.2 Å². The highest BCUT2D eigenvalue weighted by molar-refractivity contribution is 6.74. The van der Waals surface area contributed by atoms with Crippen molar-refractivity contribution in [3.05, 3.63) is 142 Å². The maximum absolute atomic E-state index is 14.8. The van der Waals surface area contributed by atoms with Crippen LogP contribution in [0.3, 0.4) is 0 Å². The lowest BCUT2D eigenvalue weighted by molar-refractivity contribution is 0.0699. The van der Waals surface area contributed by atoms with Crippen LogP contribution in [0, 0.1) is 0 Å². The zero-order valence-electron chi connectivity index (χ0n) is 30.7. The summed E-state index contributed by atoms with van der Waals surface area (Å²) in [4.78, 5) is 38.7. The predicted octanol–water partition coefficient (Wildman–Crippen LogP) is 9.22. The number of benzene rings is 4. The molecule has 0 spiro atoms. The zero-order valence-corrected chi connectivity index (χ0v) is 31.7. The summed E-state index contributed by atoms with van der Waals surface area (Å²) in [5.41, 5.74) is 2.53. The van der Waals surface area contributed by atoms with Gasteiger partial charge in [0, 0.05) is 24.9 Å². The maximum atomic E-state index is 14.8. The molecule has 1 amide bonds. The highest BCUT2D eigenvalue weighted by atomic mass is 28.4. The van der Waals surface area contributed by atoms with E-state index in [-0.39, 0.29) is 34.4 Å². The van der Waals surface area contributed by atoms with Crippen LogP contribution < -0.4 is 10.3 Å². The minimum Gasteiger partial charge on any atom is -0.481 e. The van der Waals surface area contributed by atoms with E-state index < -0.39 is 13.9 Å². The average molecular weight is 702 g/mol. The van der Waals surface area contributed by atoms with Gasteiger partial charge in [0.1, 0.15) is 12.4 Å². The Morgan fingerprint density at radius 1 is 0.863 bits per heavy atom. The molecular formula is C43H51N3O4Si. The highest BCUT2D eigenvalue weighted by Gasteiger charge is 2.39. The standard InChI is InChI=1S/C43H51N3O4Si/c1-42(2,3)51(4,5)50-28-27-46(30-32-17-8-6-9-18-32)41(48)38-39(49-31-33-19-10-7-11-20-33)40(47)45-37(44-38)29-43(25-14-15-26-43)36-24-16-22-34-21-12-13-23-35(34)36/h6-13,16-24H,14-15,25-31H2,1-5H3,(H,44,45,47). The molecule has 0 aliphatic heterocycles. The van der Waals surface area contributed by atoms with Crippen molar-refractivity contribution < 1.29 is 14.0 Å². The summed E-state index contributed by atoms with van der Waals surface area (Å²) in [7, 11) is -2.07. The first-order chi connectivity index (χ1) is 24.5. The fourth-order valence-electron chi connectivity index (χ4n) is 7.04. The van der Waals surface area contributed by atoms with Crippen LogP contribution in [0.4, 0.5) is 0 Å². The van der Waals surface area contributed by atoms with Gasteiger partial charge in [-0.2, -0.15) is 0 Å². The second-order valence-electron chi connectivity index (χ2n) is 15.5. The van der Waals surface area contributed by atoms with Crippen molar-refractivity contribution in [3.8, 4) is 5.75 Å². The minimum absolute atomic E-state index is 0.0309. The number of ether oxygens (including phenoxy) is 1. The van der Waals surface area contributed by atoms with Gasteiger partial charge >= 0.3 is 0 Å². The molecular weight excluding hydrogens is 651 g/mol. The van der Waals surface area contributed by atoms with Gasteiger partial charge in [-0.1, -0.05) is 137 Å². The maximum Gasteiger partial charge on any atom is 0.294 e. The van der Waals surface area contributed by atoms with Gasteiger partial charge in [0.15, 0.2) is 14.0 Å². The van der Waals surface area contributed by atoms with Crippen LogP contribution in [0.15, 0.2) is 108 Å². The van der Waals surface area contributed by atoms with Crippen LogP contribution in [-0.2, 0) is 29.4 Å². The van der Waals surface area contributed by atoms with Gasteiger partial charge in [-0.3, -0.25) is 9.59 Å². The molecule has 1 aliphatic carbocycles. The van der Waals surface area contributed by atoms with Gasteiger partial charge in [-0.05, 0) is 58.4 Å². The number of carbonyl (C=O) groups is 1. The number of H-pyrrole nitrogens is 1. The number of nitrogens with zero attached hydrogens (tertiary/aromatic N) is 2. The molecule has 0 unspecified atom stereocenters. The van der Waals surface area contributed by atoms with E-state index in [0.717, 1.165) is 36.8 Å². The third kappa shape index (κ3) is 8.34. The van der Waals surface area contributed by atoms with Gasteiger partial charge in [0.25, 0.3) is 11.5 Å². The van der Waals surface area contributed by atoms with E-state index in [9.17, 15) is 9.59 Å². The van der Waals surface area contributed by atoms with Gasteiger partial charge in [-0.25, -0.2) is 4.98 Å². The van der Waals surface area contributed by atoms with Gasteiger partial charge in [0.2, 0.25) is 5.75 Å². The van der Waals surface area contributed by atoms with Crippen molar-refractivity contribution in [1.82, 2.24) is 14.9 Å². The fourth-order valence-corrected chi connectivity index (χ4v) is 8.07. The summed E-state index contributed by atoms with van der Waals surface area (Å²) >= 11 is 0. The molecule has 7 nitrogen and oxygen atoms in total. The van der Waals surface area contributed by atoms with Gasteiger partial charge in [-0.15, -0.1) is 0 Å². The summed E-state index contributed by atoms with van der Waals surface area (Å²) in [6, 6.07) is 34.5. The molecule has 0 saturated heterocycles. The number of amides is 1. The normalized spacial score (nSPS) is 14.5. The lowest BCUT2D eigenvalue weighted by atomic mass is 9.74. The van der Waals surface area contributed by atoms with Crippen molar-refractivity contribution >= 4 is 25.0 Å². The summed E-state index contributed by atoms with van der Waals surface area (Å²) in [5.74, 6) is 0.0998. The van der Waals surface area contributed by atoms with Crippen LogP contribution in [0.25, 0.3) is 10.8 Å².